The van der Waals surface area contributed by atoms with Crippen LogP contribution < -0.4 is 9.80 Å². The maximum atomic E-state index is 4.44. The summed E-state index contributed by atoms with van der Waals surface area (Å²) in [5.74, 6) is 0.976. The van der Waals surface area contributed by atoms with E-state index in [1.807, 2.05) is 5.51 Å². The van der Waals surface area contributed by atoms with E-state index in [1.54, 1.807) is 0 Å². The van der Waals surface area contributed by atoms with Gasteiger partial charge in [0.2, 0.25) is 0 Å². The van der Waals surface area contributed by atoms with Gasteiger partial charge >= 0.3 is 0 Å². The summed E-state index contributed by atoms with van der Waals surface area (Å²) in [6, 6.07) is 21.7. The van der Waals surface area contributed by atoms with Crippen molar-refractivity contribution < 1.29 is 0 Å². The molecule has 0 bridgehead atoms. The molecule has 23 heavy (non-hydrogen) atoms. The van der Waals surface area contributed by atoms with E-state index in [0.29, 0.717) is 6.04 Å². The van der Waals surface area contributed by atoms with Gasteiger partial charge in [-0.2, -0.15) is 0 Å². The first-order chi connectivity index (χ1) is 11.4. The van der Waals surface area contributed by atoms with Gasteiger partial charge < -0.3 is 9.80 Å². The summed E-state index contributed by atoms with van der Waals surface area (Å²) in [5, 5.41) is 3.27. The molecule has 1 unspecified atom stereocenters. The van der Waals surface area contributed by atoms with Crippen LogP contribution in [0.15, 0.2) is 66.2 Å². The molecule has 2 heterocycles. The summed E-state index contributed by atoms with van der Waals surface area (Å²) >= 11 is 1.54. The van der Waals surface area contributed by atoms with Gasteiger partial charge in [-0.25, -0.2) is 4.98 Å². The third-order valence-corrected chi connectivity index (χ3v) is 4.84. The van der Waals surface area contributed by atoms with Gasteiger partial charge in [-0.1, -0.05) is 48.5 Å². The van der Waals surface area contributed by atoms with Crippen molar-refractivity contribution in [3.63, 3.8) is 0 Å². The third-order valence-electron chi connectivity index (χ3n) is 4.33. The van der Waals surface area contributed by atoms with Crippen molar-refractivity contribution in [1.82, 2.24) is 4.98 Å². The van der Waals surface area contributed by atoms with Gasteiger partial charge in [0, 0.05) is 25.3 Å². The maximum Gasteiger partial charge on any atom is 0.148 e. The number of para-hydroxylation sites is 1. The minimum Gasteiger partial charge on any atom is -0.361 e. The lowest BCUT2D eigenvalue weighted by Gasteiger charge is -2.43. The molecule has 4 heteroatoms. The van der Waals surface area contributed by atoms with E-state index in [9.17, 15) is 0 Å². The second-order valence-corrected chi connectivity index (χ2v) is 6.33. The lowest BCUT2D eigenvalue weighted by atomic mass is 10.0. The zero-order chi connectivity index (χ0) is 15.5. The molecule has 1 saturated heterocycles. The molecule has 1 atom stereocenters. The second kappa shape index (κ2) is 6.42. The molecular weight excluding hydrogens is 302 g/mol. The Morgan fingerprint density at radius 2 is 1.70 bits per heavy atom. The Balaban J connectivity index is 1.67. The van der Waals surface area contributed by atoms with Gasteiger partial charge in [0.15, 0.2) is 0 Å². The van der Waals surface area contributed by atoms with Crippen molar-refractivity contribution in [2.45, 2.75) is 6.04 Å². The van der Waals surface area contributed by atoms with Crippen molar-refractivity contribution in [3.8, 4) is 0 Å². The van der Waals surface area contributed by atoms with E-state index in [0.717, 1.165) is 25.5 Å². The van der Waals surface area contributed by atoms with Gasteiger partial charge in [-0.15, -0.1) is 11.3 Å². The molecule has 1 aliphatic heterocycles. The highest BCUT2D eigenvalue weighted by Gasteiger charge is 2.29. The Hall–Kier alpha value is -2.33. The number of piperazine rings is 1. The van der Waals surface area contributed by atoms with E-state index in [2.05, 4.69) is 80.8 Å². The molecule has 3 nitrogen and oxygen atoms in total. The summed E-state index contributed by atoms with van der Waals surface area (Å²) in [4.78, 5) is 9.28. The van der Waals surface area contributed by atoms with Crippen LogP contribution >= 0.6 is 11.3 Å². The SMILES string of the molecule is [c]1scnc1N1CCN(c2ccccc2)C(c2ccccc2)C1. The van der Waals surface area contributed by atoms with Crippen LogP contribution in [-0.2, 0) is 0 Å². The Labute approximate surface area is 140 Å². The highest BCUT2D eigenvalue weighted by Crippen LogP contribution is 2.32. The van der Waals surface area contributed by atoms with Crippen molar-refractivity contribution in [2.75, 3.05) is 29.4 Å². The molecule has 1 aliphatic rings. The Morgan fingerprint density at radius 3 is 2.39 bits per heavy atom. The number of hydrogen-bond acceptors (Lipinski definition) is 4. The molecule has 0 spiro atoms. The van der Waals surface area contributed by atoms with E-state index < -0.39 is 0 Å². The number of rotatable bonds is 3. The smallest absolute Gasteiger partial charge is 0.148 e. The van der Waals surface area contributed by atoms with Crippen molar-refractivity contribution in [1.29, 1.82) is 0 Å². The van der Waals surface area contributed by atoms with Crippen LogP contribution in [0.5, 0.6) is 0 Å². The number of hydrogen-bond donors (Lipinski definition) is 0. The molecule has 3 aromatic rings. The average molecular weight is 320 g/mol. The Morgan fingerprint density at radius 1 is 0.957 bits per heavy atom. The van der Waals surface area contributed by atoms with Crippen LogP contribution in [0, 0.1) is 5.38 Å². The van der Waals surface area contributed by atoms with Gasteiger partial charge in [0.1, 0.15) is 5.82 Å². The summed E-state index contributed by atoms with van der Waals surface area (Å²) in [7, 11) is 0. The predicted octanol–water partition coefficient (Wildman–Crippen LogP) is 4.01. The lowest BCUT2D eigenvalue weighted by Crippen LogP contribution is -2.48. The normalized spacial score (nSPS) is 18.2. The zero-order valence-electron chi connectivity index (χ0n) is 12.8. The monoisotopic (exact) mass is 320 g/mol. The number of thiazole rings is 1. The first-order valence-corrected chi connectivity index (χ1v) is 8.72. The average Bonchev–Trinajstić information content (AvgIpc) is 3.17. The van der Waals surface area contributed by atoms with Crippen molar-refractivity contribution in [3.05, 3.63) is 77.1 Å². The zero-order valence-corrected chi connectivity index (χ0v) is 13.6. The number of aromatic nitrogens is 1. The molecule has 2 aromatic carbocycles. The third kappa shape index (κ3) is 2.94. The largest absolute Gasteiger partial charge is 0.361 e. The van der Waals surface area contributed by atoms with E-state index in [1.165, 1.54) is 22.6 Å². The van der Waals surface area contributed by atoms with Gasteiger partial charge in [0.25, 0.3) is 0 Å². The molecule has 4 rings (SSSR count). The fourth-order valence-electron chi connectivity index (χ4n) is 3.19. The first kappa shape index (κ1) is 14.3. The lowest BCUT2D eigenvalue weighted by molar-refractivity contribution is 0.536. The quantitative estimate of drug-likeness (QED) is 0.727. The maximum absolute atomic E-state index is 4.44. The number of nitrogens with zero attached hydrogens (tertiary/aromatic N) is 3. The fourth-order valence-corrected chi connectivity index (χ4v) is 3.68. The van der Waals surface area contributed by atoms with Crippen molar-refractivity contribution in [2.24, 2.45) is 0 Å². The van der Waals surface area contributed by atoms with Gasteiger partial charge in [-0.05, 0) is 17.7 Å². The summed E-state index contributed by atoms with van der Waals surface area (Å²) in [6.45, 7) is 2.88. The predicted molar refractivity (Wildman–Crippen MR) is 96.1 cm³/mol. The molecule has 1 aromatic heterocycles. The standard InChI is InChI=1S/C19H18N3S/c1-3-7-16(8-4-1)18-13-21(19-14-23-15-20-19)11-12-22(18)17-9-5-2-6-10-17/h1-10,15,18H,11-13H2. The number of anilines is 2. The van der Waals surface area contributed by atoms with Crippen LogP contribution in [0.1, 0.15) is 11.6 Å². The highest BCUT2D eigenvalue weighted by molar-refractivity contribution is 7.07. The number of benzene rings is 2. The van der Waals surface area contributed by atoms with Crippen LogP contribution in [0.3, 0.4) is 0 Å². The van der Waals surface area contributed by atoms with Crippen molar-refractivity contribution >= 4 is 22.8 Å². The first-order valence-electron chi connectivity index (χ1n) is 7.84. The summed E-state index contributed by atoms with van der Waals surface area (Å²) < 4.78 is 0. The molecule has 0 saturated carbocycles. The highest BCUT2D eigenvalue weighted by atomic mass is 32.1. The molecule has 1 fully saturated rings. The van der Waals surface area contributed by atoms with E-state index >= 15 is 0 Å². The molecule has 0 aliphatic carbocycles. The Kier molecular flexibility index (Phi) is 3.99. The van der Waals surface area contributed by atoms with Crippen LogP contribution in [-0.4, -0.2) is 24.6 Å². The van der Waals surface area contributed by atoms with E-state index in [4.69, 9.17) is 0 Å². The molecule has 0 amide bonds. The van der Waals surface area contributed by atoms with Crippen LogP contribution in [0.25, 0.3) is 0 Å². The van der Waals surface area contributed by atoms with Gasteiger partial charge in [-0.3, -0.25) is 0 Å². The fraction of sp³-hybridized carbons (Fsp3) is 0.211. The van der Waals surface area contributed by atoms with Gasteiger partial charge in [0.05, 0.1) is 16.9 Å². The minimum atomic E-state index is 0.322. The van der Waals surface area contributed by atoms with Crippen LogP contribution in [0.2, 0.25) is 0 Å². The molecular formula is C19H18N3S. The molecule has 1 radical (unpaired) electrons. The molecule has 115 valence electrons. The van der Waals surface area contributed by atoms with E-state index in [-0.39, 0.29) is 0 Å². The molecule has 0 N–H and O–H groups in total. The van der Waals surface area contributed by atoms with Crippen LogP contribution in [0.4, 0.5) is 11.5 Å². The summed E-state index contributed by atoms with van der Waals surface area (Å²) in [6.07, 6.45) is 0. The minimum absolute atomic E-state index is 0.322. The topological polar surface area (TPSA) is 19.4 Å². The second-order valence-electron chi connectivity index (χ2n) is 5.68. The summed E-state index contributed by atoms with van der Waals surface area (Å²) in [5.41, 5.74) is 4.48. The Bertz CT molecular complexity index is 728.